The van der Waals surface area contributed by atoms with Crippen LogP contribution in [0, 0.1) is 0 Å². The Kier molecular flexibility index (Phi) is 5.02. The van der Waals surface area contributed by atoms with Crippen LogP contribution in [0.15, 0.2) is 48.5 Å². The number of aliphatic hydroxyl groups excluding tert-OH is 1. The number of rotatable bonds is 6. The van der Waals surface area contributed by atoms with E-state index < -0.39 is 0 Å². The zero-order chi connectivity index (χ0) is 14.4. The van der Waals surface area contributed by atoms with Gasteiger partial charge >= 0.3 is 0 Å². The molecule has 2 rings (SSSR count). The van der Waals surface area contributed by atoms with E-state index in [9.17, 15) is 0 Å². The van der Waals surface area contributed by atoms with E-state index in [1.54, 1.807) is 0 Å². The first-order chi connectivity index (χ1) is 9.69. The van der Waals surface area contributed by atoms with Gasteiger partial charge in [0, 0.05) is 38.6 Å². The van der Waals surface area contributed by atoms with Crippen LogP contribution in [0.25, 0.3) is 0 Å². The zero-order valence-corrected chi connectivity index (χ0v) is 12.1. The van der Waals surface area contributed by atoms with Gasteiger partial charge in [0.25, 0.3) is 0 Å². The Morgan fingerprint density at radius 3 is 2.05 bits per heavy atom. The Labute approximate surface area is 120 Å². The molecule has 106 valence electrons. The van der Waals surface area contributed by atoms with Crippen molar-refractivity contribution in [2.75, 3.05) is 30.9 Å². The first kappa shape index (κ1) is 14.4. The van der Waals surface area contributed by atoms with Crippen LogP contribution in [0.4, 0.5) is 11.4 Å². The summed E-state index contributed by atoms with van der Waals surface area (Å²) >= 11 is 0. The average Bonchev–Trinajstić information content (AvgIpc) is 2.47. The molecular formula is C17H22N2O. The Hall–Kier alpha value is -2.00. The highest BCUT2D eigenvalue weighted by Gasteiger charge is 1.98. The smallest absolute Gasteiger partial charge is 0.0471 e. The van der Waals surface area contributed by atoms with Gasteiger partial charge in [0.2, 0.25) is 0 Å². The average molecular weight is 270 g/mol. The Bertz CT molecular complexity index is 518. The second kappa shape index (κ2) is 6.96. The fourth-order valence-electron chi connectivity index (χ4n) is 2.03. The van der Waals surface area contributed by atoms with Crippen molar-refractivity contribution in [2.24, 2.45) is 0 Å². The molecule has 0 radical (unpaired) electrons. The minimum atomic E-state index is 0.199. The molecule has 0 spiro atoms. The Balaban J connectivity index is 1.91. The monoisotopic (exact) mass is 270 g/mol. The van der Waals surface area contributed by atoms with Gasteiger partial charge in [-0.25, -0.2) is 0 Å². The van der Waals surface area contributed by atoms with E-state index in [1.807, 2.05) is 26.2 Å². The third kappa shape index (κ3) is 4.00. The van der Waals surface area contributed by atoms with E-state index in [0.717, 1.165) is 17.8 Å². The third-order valence-electron chi connectivity index (χ3n) is 3.30. The van der Waals surface area contributed by atoms with Gasteiger partial charge in [-0.1, -0.05) is 24.3 Å². The highest BCUT2D eigenvalue weighted by Crippen LogP contribution is 2.15. The molecule has 3 nitrogen and oxygen atoms in total. The summed E-state index contributed by atoms with van der Waals surface area (Å²) in [5, 5.41) is 12.3. The predicted octanol–water partition coefficient (Wildman–Crippen LogP) is 2.90. The van der Waals surface area contributed by atoms with E-state index in [2.05, 4.69) is 46.6 Å². The van der Waals surface area contributed by atoms with E-state index in [4.69, 9.17) is 5.11 Å². The maximum atomic E-state index is 8.88. The van der Waals surface area contributed by atoms with Crippen molar-refractivity contribution >= 4 is 11.4 Å². The Morgan fingerprint density at radius 2 is 1.50 bits per heavy atom. The van der Waals surface area contributed by atoms with Gasteiger partial charge in [0.15, 0.2) is 0 Å². The SMILES string of the molecule is CN(C)c1ccc(CNc2ccc(CCO)cc2)cc1. The molecule has 0 aliphatic carbocycles. The Morgan fingerprint density at radius 1 is 0.900 bits per heavy atom. The second-order valence-electron chi connectivity index (χ2n) is 5.08. The van der Waals surface area contributed by atoms with Crippen LogP contribution in [0.1, 0.15) is 11.1 Å². The summed E-state index contributed by atoms with van der Waals surface area (Å²) in [5.74, 6) is 0. The van der Waals surface area contributed by atoms with Crippen LogP contribution in [0.2, 0.25) is 0 Å². The molecule has 0 saturated carbocycles. The number of hydrogen-bond acceptors (Lipinski definition) is 3. The van der Waals surface area contributed by atoms with Crippen molar-refractivity contribution in [2.45, 2.75) is 13.0 Å². The fourth-order valence-corrected chi connectivity index (χ4v) is 2.03. The maximum Gasteiger partial charge on any atom is 0.0471 e. The molecule has 0 amide bonds. The number of hydrogen-bond donors (Lipinski definition) is 2. The van der Waals surface area contributed by atoms with E-state index in [1.165, 1.54) is 11.3 Å². The van der Waals surface area contributed by atoms with Gasteiger partial charge in [-0.05, 0) is 41.8 Å². The highest BCUT2D eigenvalue weighted by atomic mass is 16.2. The summed E-state index contributed by atoms with van der Waals surface area (Å²) < 4.78 is 0. The van der Waals surface area contributed by atoms with Crippen molar-refractivity contribution in [1.82, 2.24) is 0 Å². The van der Waals surface area contributed by atoms with Crippen molar-refractivity contribution in [3.8, 4) is 0 Å². The number of anilines is 2. The van der Waals surface area contributed by atoms with Gasteiger partial charge in [-0.2, -0.15) is 0 Å². The summed E-state index contributed by atoms with van der Waals surface area (Å²) in [6.07, 6.45) is 0.715. The molecule has 0 heterocycles. The van der Waals surface area contributed by atoms with E-state index in [0.29, 0.717) is 6.42 Å². The lowest BCUT2D eigenvalue weighted by Crippen LogP contribution is -2.08. The summed E-state index contributed by atoms with van der Waals surface area (Å²) in [5.41, 5.74) is 4.73. The largest absolute Gasteiger partial charge is 0.396 e. The molecule has 2 aromatic carbocycles. The molecule has 0 bridgehead atoms. The minimum Gasteiger partial charge on any atom is -0.396 e. The standard InChI is InChI=1S/C17H22N2O/c1-19(2)17-9-5-15(6-10-17)13-18-16-7-3-14(4-8-16)11-12-20/h3-10,18,20H,11-13H2,1-2H3. The first-order valence-electron chi connectivity index (χ1n) is 6.89. The van der Waals surface area contributed by atoms with Crippen LogP contribution in [-0.2, 0) is 13.0 Å². The summed E-state index contributed by atoms with van der Waals surface area (Å²) in [6.45, 7) is 1.01. The van der Waals surface area contributed by atoms with Gasteiger partial charge in [-0.3, -0.25) is 0 Å². The summed E-state index contributed by atoms with van der Waals surface area (Å²) in [4.78, 5) is 2.09. The molecule has 20 heavy (non-hydrogen) atoms. The first-order valence-corrected chi connectivity index (χ1v) is 6.89. The zero-order valence-electron chi connectivity index (χ0n) is 12.1. The van der Waals surface area contributed by atoms with Crippen LogP contribution in [-0.4, -0.2) is 25.8 Å². The lowest BCUT2D eigenvalue weighted by atomic mass is 10.1. The predicted molar refractivity (Wildman–Crippen MR) is 85.3 cm³/mol. The van der Waals surface area contributed by atoms with Crippen molar-refractivity contribution < 1.29 is 5.11 Å². The molecule has 2 aromatic rings. The molecule has 2 N–H and O–H groups in total. The molecule has 0 aliphatic rings. The molecule has 0 unspecified atom stereocenters. The van der Waals surface area contributed by atoms with Crippen LogP contribution < -0.4 is 10.2 Å². The highest BCUT2D eigenvalue weighted by molar-refractivity contribution is 5.48. The number of aliphatic hydroxyl groups is 1. The van der Waals surface area contributed by atoms with Crippen molar-refractivity contribution in [3.63, 3.8) is 0 Å². The van der Waals surface area contributed by atoms with Gasteiger partial charge < -0.3 is 15.3 Å². The molecule has 0 saturated heterocycles. The molecular weight excluding hydrogens is 248 g/mol. The number of nitrogens with zero attached hydrogens (tertiary/aromatic N) is 1. The van der Waals surface area contributed by atoms with Crippen LogP contribution in [0.3, 0.4) is 0 Å². The van der Waals surface area contributed by atoms with Crippen LogP contribution >= 0.6 is 0 Å². The van der Waals surface area contributed by atoms with Gasteiger partial charge in [0.1, 0.15) is 0 Å². The number of nitrogens with one attached hydrogen (secondary N) is 1. The molecule has 3 heteroatoms. The molecule has 0 aliphatic heterocycles. The fraction of sp³-hybridized carbons (Fsp3) is 0.294. The number of benzene rings is 2. The summed E-state index contributed by atoms with van der Waals surface area (Å²) in [7, 11) is 4.09. The summed E-state index contributed by atoms with van der Waals surface area (Å²) in [6, 6.07) is 16.7. The lowest BCUT2D eigenvalue weighted by Gasteiger charge is -2.13. The molecule has 0 aromatic heterocycles. The van der Waals surface area contributed by atoms with E-state index in [-0.39, 0.29) is 6.61 Å². The lowest BCUT2D eigenvalue weighted by molar-refractivity contribution is 0.299. The van der Waals surface area contributed by atoms with Crippen LogP contribution in [0.5, 0.6) is 0 Å². The van der Waals surface area contributed by atoms with Gasteiger partial charge in [-0.15, -0.1) is 0 Å². The second-order valence-corrected chi connectivity index (χ2v) is 5.08. The molecule has 0 fully saturated rings. The van der Waals surface area contributed by atoms with Gasteiger partial charge in [0.05, 0.1) is 0 Å². The quantitative estimate of drug-likeness (QED) is 0.847. The normalized spacial score (nSPS) is 10.3. The third-order valence-corrected chi connectivity index (χ3v) is 3.30. The topological polar surface area (TPSA) is 35.5 Å². The van der Waals surface area contributed by atoms with Crippen molar-refractivity contribution in [1.29, 1.82) is 0 Å². The molecule has 0 atom stereocenters. The van der Waals surface area contributed by atoms with E-state index >= 15 is 0 Å². The minimum absolute atomic E-state index is 0.199. The van der Waals surface area contributed by atoms with Crippen molar-refractivity contribution in [3.05, 3.63) is 59.7 Å². The maximum absolute atomic E-state index is 8.88.